The summed E-state index contributed by atoms with van der Waals surface area (Å²) in [6.45, 7) is 7.46. The lowest BCUT2D eigenvalue weighted by atomic mass is 9.86. The van der Waals surface area contributed by atoms with Crippen molar-refractivity contribution in [3.05, 3.63) is 35.4 Å². The number of carbonyl (C=O) groups is 1. The molecule has 0 aliphatic carbocycles. The van der Waals surface area contributed by atoms with Crippen LogP contribution in [0, 0.1) is 0 Å². The molecule has 2 atom stereocenters. The Morgan fingerprint density at radius 1 is 1.36 bits per heavy atom. The molecule has 2 rings (SSSR count). The van der Waals surface area contributed by atoms with E-state index in [0.29, 0.717) is 6.42 Å². The molecular weight excluding hydrogens is 278 g/mol. The van der Waals surface area contributed by atoms with Crippen LogP contribution in [0.5, 0.6) is 0 Å². The lowest BCUT2D eigenvalue weighted by Gasteiger charge is -2.20. The van der Waals surface area contributed by atoms with Gasteiger partial charge in [0.25, 0.3) is 0 Å². The number of hydrogen-bond donors (Lipinski definition) is 2. The SMILES string of the molecule is CC(C)(C)c1ccc([C@H](O)CNC(=O)C[C@H]2CCCO2)cc1. The molecule has 0 spiro atoms. The molecule has 1 heterocycles. The first-order chi connectivity index (χ1) is 10.4. The molecule has 0 saturated carbocycles. The molecule has 2 N–H and O–H groups in total. The van der Waals surface area contributed by atoms with Crippen molar-refractivity contribution < 1.29 is 14.6 Å². The van der Waals surface area contributed by atoms with Gasteiger partial charge in [-0.3, -0.25) is 4.79 Å². The number of benzene rings is 1. The Morgan fingerprint density at radius 2 is 2.05 bits per heavy atom. The predicted octanol–water partition coefficient (Wildman–Crippen LogP) is 2.70. The van der Waals surface area contributed by atoms with Crippen LogP contribution < -0.4 is 5.32 Å². The maximum Gasteiger partial charge on any atom is 0.222 e. The molecule has 1 aromatic rings. The first kappa shape index (κ1) is 17.0. The van der Waals surface area contributed by atoms with Gasteiger partial charge in [0.1, 0.15) is 0 Å². The maximum absolute atomic E-state index is 11.8. The van der Waals surface area contributed by atoms with Gasteiger partial charge in [0.2, 0.25) is 5.91 Å². The van der Waals surface area contributed by atoms with Gasteiger partial charge in [-0.1, -0.05) is 45.0 Å². The summed E-state index contributed by atoms with van der Waals surface area (Å²) >= 11 is 0. The third-order valence-electron chi connectivity index (χ3n) is 4.09. The zero-order chi connectivity index (χ0) is 16.2. The summed E-state index contributed by atoms with van der Waals surface area (Å²) in [5.41, 5.74) is 2.15. The molecule has 1 aliphatic rings. The Balaban J connectivity index is 1.81. The van der Waals surface area contributed by atoms with Gasteiger partial charge < -0.3 is 15.2 Å². The molecule has 1 aromatic carbocycles. The number of aliphatic hydroxyl groups excluding tert-OH is 1. The van der Waals surface area contributed by atoms with Crippen LogP contribution in [0.4, 0.5) is 0 Å². The lowest BCUT2D eigenvalue weighted by Crippen LogP contribution is -2.31. The van der Waals surface area contributed by atoms with Crippen molar-refractivity contribution in [3.8, 4) is 0 Å². The van der Waals surface area contributed by atoms with E-state index in [2.05, 4.69) is 26.1 Å². The number of aliphatic hydroxyl groups is 1. The molecule has 4 heteroatoms. The van der Waals surface area contributed by atoms with E-state index in [1.165, 1.54) is 5.56 Å². The molecular formula is C18H27NO3. The third-order valence-corrected chi connectivity index (χ3v) is 4.09. The van der Waals surface area contributed by atoms with Crippen LogP contribution in [0.1, 0.15) is 57.3 Å². The van der Waals surface area contributed by atoms with Crippen LogP contribution in [-0.4, -0.2) is 30.3 Å². The smallest absolute Gasteiger partial charge is 0.222 e. The van der Waals surface area contributed by atoms with E-state index in [9.17, 15) is 9.90 Å². The van der Waals surface area contributed by atoms with Crippen LogP contribution in [0.25, 0.3) is 0 Å². The van der Waals surface area contributed by atoms with Gasteiger partial charge in [-0.05, 0) is 29.4 Å². The minimum absolute atomic E-state index is 0.0446. The zero-order valence-corrected chi connectivity index (χ0v) is 13.8. The largest absolute Gasteiger partial charge is 0.387 e. The fourth-order valence-electron chi connectivity index (χ4n) is 2.62. The number of hydrogen-bond acceptors (Lipinski definition) is 3. The molecule has 1 aliphatic heterocycles. The van der Waals surface area contributed by atoms with E-state index in [1.54, 1.807) is 0 Å². The monoisotopic (exact) mass is 305 g/mol. The van der Waals surface area contributed by atoms with Gasteiger partial charge in [0.15, 0.2) is 0 Å². The summed E-state index contributed by atoms with van der Waals surface area (Å²) in [6.07, 6.45) is 1.73. The first-order valence-corrected chi connectivity index (χ1v) is 8.03. The lowest BCUT2D eigenvalue weighted by molar-refractivity contribution is -0.123. The average molecular weight is 305 g/mol. The summed E-state index contributed by atoms with van der Waals surface area (Å²) in [4.78, 5) is 11.8. The second-order valence-corrected chi connectivity index (χ2v) is 7.03. The van der Waals surface area contributed by atoms with Crippen molar-refractivity contribution in [2.24, 2.45) is 0 Å². The van der Waals surface area contributed by atoms with Crippen molar-refractivity contribution in [3.63, 3.8) is 0 Å². The van der Waals surface area contributed by atoms with Gasteiger partial charge in [-0.2, -0.15) is 0 Å². The van der Waals surface area contributed by atoms with Crippen molar-refractivity contribution in [1.82, 2.24) is 5.32 Å². The summed E-state index contributed by atoms with van der Waals surface area (Å²) in [7, 11) is 0. The summed E-state index contributed by atoms with van der Waals surface area (Å²) in [5, 5.41) is 13.0. The fraction of sp³-hybridized carbons (Fsp3) is 0.611. The van der Waals surface area contributed by atoms with Gasteiger partial charge in [0.05, 0.1) is 18.6 Å². The summed E-state index contributed by atoms with van der Waals surface area (Å²) < 4.78 is 5.44. The second kappa shape index (κ2) is 7.25. The zero-order valence-electron chi connectivity index (χ0n) is 13.8. The number of ether oxygens (including phenoxy) is 1. The third kappa shape index (κ3) is 4.82. The van der Waals surface area contributed by atoms with E-state index >= 15 is 0 Å². The van der Waals surface area contributed by atoms with E-state index in [1.807, 2.05) is 24.3 Å². The molecule has 1 saturated heterocycles. The Labute approximate surface area is 132 Å². The standard InChI is InChI=1S/C18H27NO3/c1-18(2,3)14-8-6-13(7-9-14)16(20)12-19-17(21)11-15-5-4-10-22-15/h6-9,15-16,20H,4-5,10-12H2,1-3H3,(H,19,21)/t15-,16-/m1/s1. The number of rotatable bonds is 5. The molecule has 0 bridgehead atoms. The summed E-state index contributed by atoms with van der Waals surface area (Å²) in [5.74, 6) is -0.0581. The highest BCUT2D eigenvalue weighted by Crippen LogP contribution is 2.23. The van der Waals surface area contributed by atoms with Gasteiger partial charge in [-0.15, -0.1) is 0 Å². The molecule has 1 fully saturated rings. The molecule has 0 aromatic heterocycles. The van der Waals surface area contributed by atoms with E-state index in [4.69, 9.17) is 4.74 Å². The molecule has 0 unspecified atom stereocenters. The Hall–Kier alpha value is -1.39. The van der Waals surface area contributed by atoms with Crippen LogP contribution in [0.3, 0.4) is 0 Å². The molecule has 4 nitrogen and oxygen atoms in total. The Bertz CT molecular complexity index is 484. The van der Waals surface area contributed by atoms with Crippen LogP contribution in [-0.2, 0) is 14.9 Å². The summed E-state index contributed by atoms with van der Waals surface area (Å²) in [6, 6.07) is 7.93. The number of nitrogens with one attached hydrogen (secondary N) is 1. The minimum atomic E-state index is -0.678. The van der Waals surface area contributed by atoms with E-state index in [-0.39, 0.29) is 24.0 Å². The van der Waals surface area contributed by atoms with Gasteiger partial charge in [0, 0.05) is 13.2 Å². The fourth-order valence-corrected chi connectivity index (χ4v) is 2.62. The molecule has 0 radical (unpaired) electrons. The van der Waals surface area contributed by atoms with Crippen LogP contribution in [0.2, 0.25) is 0 Å². The average Bonchev–Trinajstić information content (AvgIpc) is 2.97. The van der Waals surface area contributed by atoms with Crippen LogP contribution >= 0.6 is 0 Å². The topological polar surface area (TPSA) is 58.6 Å². The quantitative estimate of drug-likeness (QED) is 0.879. The minimum Gasteiger partial charge on any atom is -0.387 e. The Morgan fingerprint density at radius 3 is 2.59 bits per heavy atom. The van der Waals surface area contributed by atoms with Crippen LogP contribution in [0.15, 0.2) is 24.3 Å². The van der Waals surface area contributed by atoms with Gasteiger partial charge in [-0.25, -0.2) is 0 Å². The maximum atomic E-state index is 11.8. The highest BCUT2D eigenvalue weighted by atomic mass is 16.5. The van der Waals surface area contributed by atoms with Crippen molar-refractivity contribution in [2.45, 2.75) is 57.7 Å². The van der Waals surface area contributed by atoms with Crippen molar-refractivity contribution >= 4 is 5.91 Å². The first-order valence-electron chi connectivity index (χ1n) is 8.03. The molecule has 122 valence electrons. The van der Waals surface area contributed by atoms with Gasteiger partial charge >= 0.3 is 0 Å². The normalized spacial score (nSPS) is 19.9. The second-order valence-electron chi connectivity index (χ2n) is 7.03. The highest BCUT2D eigenvalue weighted by molar-refractivity contribution is 5.76. The van der Waals surface area contributed by atoms with Crippen molar-refractivity contribution in [2.75, 3.05) is 13.2 Å². The van der Waals surface area contributed by atoms with E-state index in [0.717, 1.165) is 25.0 Å². The van der Waals surface area contributed by atoms with E-state index < -0.39 is 6.10 Å². The molecule has 1 amide bonds. The number of carbonyl (C=O) groups excluding carboxylic acids is 1. The molecule has 22 heavy (non-hydrogen) atoms. The highest BCUT2D eigenvalue weighted by Gasteiger charge is 2.20. The number of amides is 1. The Kier molecular flexibility index (Phi) is 5.59. The predicted molar refractivity (Wildman–Crippen MR) is 86.7 cm³/mol. The van der Waals surface area contributed by atoms with Crippen molar-refractivity contribution in [1.29, 1.82) is 0 Å².